The van der Waals surface area contributed by atoms with E-state index in [0.29, 0.717) is 9.97 Å². The molecule has 4 aromatic rings. The smallest absolute Gasteiger partial charge is 0.207 e. The Labute approximate surface area is 143 Å². The standard InChI is InChI=1S/C17H9F3N4S/c18-11-7-4-10(5-8-11)6-9-14-23-24-16(21-22-17(24)25-14)12-2-1-3-13(19)15(12)20/h1-9H. The van der Waals surface area contributed by atoms with Gasteiger partial charge in [0.1, 0.15) is 10.8 Å². The summed E-state index contributed by atoms with van der Waals surface area (Å²) in [6.07, 6.45) is 3.51. The Morgan fingerprint density at radius 2 is 1.72 bits per heavy atom. The first-order valence-corrected chi connectivity index (χ1v) is 8.04. The lowest BCUT2D eigenvalue weighted by Gasteiger charge is -1.99. The maximum absolute atomic E-state index is 14.0. The fourth-order valence-electron chi connectivity index (χ4n) is 2.28. The normalized spacial score (nSPS) is 11.6. The molecule has 2 heterocycles. The molecule has 4 nitrogen and oxygen atoms in total. The molecule has 4 rings (SSSR count). The lowest BCUT2D eigenvalue weighted by atomic mass is 10.2. The van der Waals surface area contributed by atoms with Gasteiger partial charge in [-0.2, -0.15) is 9.61 Å². The van der Waals surface area contributed by atoms with Crippen LogP contribution in [0.15, 0.2) is 42.5 Å². The van der Waals surface area contributed by atoms with Crippen molar-refractivity contribution in [2.45, 2.75) is 0 Å². The van der Waals surface area contributed by atoms with Gasteiger partial charge in [0.15, 0.2) is 17.5 Å². The first-order chi connectivity index (χ1) is 12.1. The highest BCUT2D eigenvalue weighted by Crippen LogP contribution is 2.25. The number of aromatic nitrogens is 4. The summed E-state index contributed by atoms with van der Waals surface area (Å²) in [6, 6.07) is 9.86. The monoisotopic (exact) mass is 358 g/mol. The molecule has 8 heteroatoms. The molecule has 0 atom stereocenters. The fraction of sp³-hybridized carbons (Fsp3) is 0. The van der Waals surface area contributed by atoms with Crippen molar-refractivity contribution in [3.05, 3.63) is 70.5 Å². The van der Waals surface area contributed by atoms with Crippen molar-refractivity contribution in [2.75, 3.05) is 0 Å². The summed E-state index contributed by atoms with van der Waals surface area (Å²) in [5, 5.41) is 12.8. The molecule has 0 saturated heterocycles. The molecule has 0 amide bonds. The van der Waals surface area contributed by atoms with Gasteiger partial charge in [-0.3, -0.25) is 0 Å². The van der Waals surface area contributed by atoms with E-state index >= 15 is 0 Å². The van der Waals surface area contributed by atoms with Crippen LogP contribution in [0.2, 0.25) is 0 Å². The molecule has 0 aliphatic rings. The summed E-state index contributed by atoms with van der Waals surface area (Å²) in [6.45, 7) is 0. The van der Waals surface area contributed by atoms with E-state index in [-0.39, 0.29) is 17.2 Å². The van der Waals surface area contributed by atoms with Crippen LogP contribution in [0, 0.1) is 17.5 Å². The van der Waals surface area contributed by atoms with Crippen LogP contribution in [-0.2, 0) is 0 Å². The second-order valence-electron chi connectivity index (χ2n) is 5.14. The number of nitrogens with zero attached hydrogens (tertiary/aromatic N) is 4. The molecule has 0 N–H and O–H groups in total. The van der Waals surface area contributed by atoms with Crippen LogP contribution in [0.1, 0.15) is 10.6 Å². The Morgan fingerprint density at radius 1 is 0.920 bits per heavy atom. The van der Waals surface area contributed by atoms with Crippen molar-refractivity contribution in [1.82, 2.24) is 19.8 Å². The van der Waals surface area contributed by atoms with Crippen LogP contribution in [0.5, 0.6) is 0 Å². The van der Waals surface area contributed by atoms with Crippen LogP contribution in [-0.4, -0.2) is 19.8 Å². The van der Waals surface area contributed by atoms with Crippen molar-refractivity contribution in [3.63, 3.8) is 0 Å². The highest BCUT2D eigenvalue weighted by atomic mass is 32.1. The van der Waals surface area contributed by atoms with Gasteiger partial charge in [-0.05, 0) is 35.9 Å². The van der Waals surface area contributed by atoms with E-state index in [2.05, 4.69) is 15.3 Å². The lowest BCUT2D eigenvalue weighted by Crippen LogP contribution is -1.95. The molecule has 0 aliphatic carbocycles. The SMILES string of the molecule is Fc1ccc(C=Cc2nn3c(-c4cccc(F)c4F)nnc3s2)cc1. The predicted molar refractivity (Wildman–Crippen MR) is 89.3 cm³/mol. The van der Waals surface area contributed by atoms with Gasteiger partial charge in [0.25, 0.3) is 0 Å². The summed E-state index contributed by atoms with van der Waals surface area (Å²) in [7, 11) is 0. The van der Waals surface area contributed by atoms with E-state index in [9.17, 15) is 13.2 Å². The minimum atomic E-state index is -0.992. The first kappa shape index (κ1) is 15.5. The fourth-order valence-corrected chi connectivity index (χ4v) is 3.03. The molecule has 0 aliphatic heterocycles. The molecule has 0 radical (unpaired) electrons. The topological polar surface area (TPSA) is 43.1 Å². The molecule has 0 fully saturated rings. The van der Waals surface area contributed by atoms with Crippen LogP contribution >= 0.6 is 11.3 Å². The minimum Gasteiger partial charge on any atom is -0.207 e. The Bertz CT molecular complexity index is 1080. The highest BCUT2D eigenvalue weighted by molar-refractivity contribution is 7.17. The highest BCUT2D eigenvalue weighted by Gasteiger charge is 2.17. The largest absolute Gasteiger partial charge is 0.235 e. The van der Waals surface area contributed by atoms with E-state index in [1.54, 1.807) is 24.3 Å². The van der Waals surface area contributed by atoms with Crippen molar-refractivity contribution in [3.8, 4) is 11.4 Å². The van der Waals surface area contributed by atoms with Gasteiger partial charge >= 0.3 is 0 Å². The van der Waals surface area contributed by atoms with Crippen LogP contribution < -0.4 is 0 Å². The average Bonchev–Trinajstić information content (AvgIpc) is 3.17. The molecule has 0 unspecified atom stereocenters. The third kappa shape index (κ3) is 2.91. The minimum absolute atomic E-state index is 0.00753. The average molecular weight is 358 g/mol. The molecular formula is C17H9F3N4S. The third-order valence-electron chi connectivity index (χ3n) is 3.49. The van der Waals surface area contributed by atoms with Gasteiger partial charge in [-0.1, -0.05) is 35.6 Å². The Hall–Kier alpha value is -3.00. The summed E-state index contributed by atoms with van der Waals surface area (Å²) in [4.78, 5) is 0.456. The third-order valence-corrected chi connectivity index (χ3v) is 4.35. The molecule has 0 saturated carbocycles. The van der Waals surface area contributed by atoms with Gasteiger partial charge in [0, 0.05) is 0 Å². The zero-order valence-corrected chi connectivity index (χ0v) is 13.3. The molecule has 2 aromatic heterocycles. The summed E-state index contributed by atoms with van der Waals surface area (Å²) < 4.78 is 41.7. The van der Waals surface area contributed by atoms with Gasteiger partial charge in [0.2, 0.25) is 4.96 Å². The first-order valence-electron chi connectivity index (χ1n) is 7.22. The van der Waals surface area contributed by atoms with E-state index in [1.807, 2.05) is 0 Å². The second-order valence-corrected chi connectivity index (χ2v) is 6.13. The number of halogens is 3. The second kappa shape index (κ2) is 6.14. The van der Waals surface area contributed by atoms with Crippen molar-refractivity contribution in [1.29, 1.82) is 0 Å². The number of hydrogen-bond acceptors (Lipinski definition) is 4. The zero-order chi connectivity index (χ0) is 17.4. The lowest BCUT2D eigenvalue weighted by molar-refractivity contribution is 0.510. The van der Waals surface area contributed by atoms with Crippen LogP contribution in [0.4, 0.5) is 13.2 Å². The summed E-state index contributed by atoms with van der Waals surface area (Å²) >= 11 is 1.25. The molecule has 124 valence electrons. The molecule has 0 spiro atoms. The molecule has 25 heavy (non-hydrogen) atoms. The van der Waals surface area contributed by atoms with Gasteiger partial charge < -0.3 is 0 Å². The summed E-state index contributed by atoms with van der Waals surface area (Å²) in [5.74, 6) is -2.13. The zero-order valence-electron chi connectivity index (χ0n) is 12.5. The van der Waals surface area contributed by atoms with E-state index < -0.39 is 11.6 Å². The maximum atomic E-state index is 14.0. The predicted octanol–water partition coefficient (Wildman–Crippen LogP) is 4.44. The van der Waals surface area contributed by atoms with E-state index in [0.717, 1.165) is 11.6 Å². The van der Waals surface area contributed by atoms with Gasteiger partial charge in [-0.15, -0.1) is 10.2 Å². The Morgan fingerprint density at radius 3 is 2.52 bits per heavy atom. The molecule has 2 aromatic carbocycles. The molecular weight excluding hydrogens is 349 g/mol. The number of benzene rings is 2. The van der Waals surface area contributed by atoms with E-state index in [1.165, 1.54) is 40.1 Å². The number of hydrogen-bond donors (Lipinski definition) is 0. The van der Waals surface area contributed by atoms with Crippen molar-refractivity contribution >= 4 is 28.4 Å². The van der Waals surface area contributed by atoms with Crippen LogP contribution in [0.25, 0.3) is 28.5 Å². The molecule has 0 bridgehead atoms. The summed E-state index contributed by atoms with van der Waals surface area (Å²) in [5.41, 5.74) is 0.802. The van der Waals surface area contributed by atoms with Crippen molar-refractivity contribution < 1.29 is 13.2 Å². The van der Waals surface area contributed by atoms with E-state index in [4.69, 9.17) is 0 Å². The quantitative estimate of drug-likeness (QED) is 0.544. The number of rotatable bonds is 3. The van der Waals surface area contributed by atoms with Gasteiger partial charge in [-0.25, -0.2) is 13.2 Å². The maximum Gasteiger partial charge on any atom is 0.235 e. The van der Waals surface area contributed by atoms with Crippen LogP contribution in [0.3, 0.4) is 0 Å². The van der Waals surface area contributed by atoms with Crippen molar-refractivity contribution in [2.24, 2.45) is 0 Å². The Kier molecular flexibility index (Phi) is 3.81. The Balaban J connectivity index is 1.71. The van der Waals surface area contributed by atoms with Gasteiger partial charge in [0.05, 0.1) is 5.56 Å². The number of fused-ring (bicyclic) bond motifs is 1.